The molecule has 0 aromatic heterocycles. The molecule has 4 aliphatic rings. The van der Waals surface area contributed by atoms with Crippen LogP contribution in [0.25, 0.3) is 0 Å². The van der Waals surface area contributed by atoms with Crippen molar-refractivity contribution in [2.24, 2.45) is 34.5 Å². The molecule has 4 heteroatoms. The van der Waals surface area contributed by atoms with Crippen molar-refractivity contribution in [1.29, 1.82) is 0 Å². The third kappa shape index (κ3) is 3.98. The summed E-state index contributed by atoms with van der Waals surface area (Å²) in [6, 6.07) is 0. The molecule has 0 amide bonds. The van der Waals surface area contributed by atoms with Gasteiger partial charge in [-0.25, -0.2) is 0 Å². The van der Waals surface area contributed by atoms with E-state index in [1.807, 2.05) is 0 Å². The van der Waals surface area contributed by atoms with Gasteiger partial charge < -0.3 is 8.85 Å². The van der Waals surface area contributed by atoms with Gasteiger partial charge >= 0.3 is 0 Å². The van der Waals surface area contributed by atoms with Crippen molar-refractivity contribution in [2.75, 3.05) is 0 Å². The molecule has 2 saturated carbocycles. The maximum atomic E-state index is 6.62. The van der Waals surface area contributed by atoms with Crippen LogP contribution < -0.4 is 0 Å². The van der Waals surface area contributed by atoms with Crippen LogP contribution in [0.2, 0.25) is 39.3 Å². The highest BCUT2D eigenvalue weighted by Gasteiger charge is 2.58. The van der Waals surface area contributed by atoms with Gasteiger partial charge in [-0.2, -0.15) is 0 Å². The van der Waals surface area contributed by atoms with Gasteiger partial charge in [0.25, 0.3) is 0 Å². The summed E-state index contributed by atoms with van der Waals surface area (Å²) in [5, 5.41) is 0. The first-order valence-corrected chi connectivity index (χ1v) is 18.9. The lowest BCUT2D eigenvalue weighted by Gasteiger charge is -2.59. The van der Waals surface area contributed by atoms with Crippen LogP contribution >= 0.6 is 0 Å². The molecule has 0 N–H and O–H groups in total. The molecule has 0 saturated heterocycles. The molecule has 2 fully saturated rings. The van der Waals surface area contributed by atoms with E-state index >= 15 is 0 Å². The molecular weight excluding hydrogens is 388 g/mol. The van der Waals surface area contributed by atoms with Crippen molar-refractivity contribution in [3.63, 3.8) is 0 Å². The Kier molecular flexibility index (Phi) is 5.36. The second kappa shape index (κ2) is 7.10. The fraction of sp³-hybridized carbons (Fsp3) is 0.840. The summed E-state index contributed by atoms with van der Waals surface area (Å²) in [6.45, 7) is 19.1. The minimum atomic E-state index is -1.55. The minimum absolute atomic E-state index is 0.284. The lowest BCUT2D eigenvalue weighted by atomic mass is 9.46. The third-order valence-electron chi connectivity index (χ3n) is 8.58. The Morgan fingerprint density at radius 1 is 0.931 bits per heavy atom. The average molecular weight is 433 g/mol. The Labute approximate surface area is 181 Å². The van der Waals surface area contributed by atoms with E-state index in [-0.39, 0.29) is 5.41 Å². The average Bonchev–Trinajstić information content (AvgIpc) is 2.89. The van der Waals surface area contributed by atoms with Gasteiger partial charge in [-0.05, 0) is 113 Å². The van der Waals surface area contributed by atoms with Crippen LogP contribution in [0, 0.1) is 34.5 Å². The molecule has 0 bridgehead atoms. The fourth-order valence-electron chi connectivity index (χ4n) is 7.33. The molecule has 164 valence electrons. The van der Waals surface area contributed by atoms with Crippen LogP contribution in [0.5, 0.6) is 0 Å². The first-order chi connectivity index (χ1) is 13.3. The zero-order valence-electron chi connectivity index (χ0n) is 20.2. The topological polar surface area (TPSA) is 18.5 Å². The Balaban J connectivity index is 1.54. The normalized spacial score (nSPS) is 44.6. The van der Waals surface area contributed by atoms with Crippen molar-refractivity contribution >= 4 is 16.6 Å². The minimum Gasteiger partial charge on any atom is -0.547 e. The van der Waals surface area contributed by atoms with Crippen molar-refractivity contribution in [3.05, 3.63) is 24.0 Å². The lowest BCUT2D eigenvalue weighted by Crippen LogP contribution is -2.53. The molecule has 0 aromatic carbocycles. The van der Waals surface area contributed by atoms with Crippen molar-refractivity contribution in [2.45, 2.75) is 97.8 Å². The quantitative estimate of drug-likeness (QED) is 0.341. The van der Waals surface area contributed by atoms with Gasteiger partial charge in [0.15, 0.2) is 8.32 Å². The Hall–Kier alpha value is -0.326. The number of fused-ring (bicyclic) bond motifs is 5. The SMILES string of the molecule is C[C@]12CCC3C(CC[C@@H]4C[C@@H](O[Si](C)(C)C)C=C[C@]34C)C1CC=C2O[Si](C)(C)C. The summed E-state index contributed by atoms with van der Waals surface area (Å²) in [6.07, 6.45) is 15.8. The van der Waals surface area contributed by atoms with Gasteiger partial charge in [0.05, 0.1) is 11.9 Å². The first-order valence-electron chi connectivity index (χ1n) is 12.1. The van der Waals surface area contributed by atoms with Gasteiger partial charge in [0.1, 0.15) is 0 Å². The molecule has 29 heavy (non-hydrogen) atoms. The summed E-state index contributed by atoms with van der Waals surface area (Å²) in [5.74, 6) is 4.63. The second-order valence-electron chi connectivity index (χ2n) is 12.9. The van der Waals surface area contributed by atoms with Crippen LogP contribution in [-0.4, -0.2) is 22.7 Å². The molecular formula is C25H44O2Si2. The van der Waals surface area contributed by atoms with Gasteiger partial charge in [0, 0.05) is 5.41 Å². The zero-order chi connectivity index (χ0) is 21.2. The molecule has 7 atom stereocenters. The highest BCUT2D eigenvalue weighted by Crippen LogP contribution is 2.65. The summed E-state index contributed by atoms with van der Waals surface area (Å²) in [5.41, 5.74) is 0.651. The monoisotopic (exact) mass is 432 g/mol. The predicted molar refractivity (Wildman–Crippen MR) is 128 cm³/mol. The summed E-state index contributed by atoms with van der Waals surface area (Å²) in [4.78, 5) is 0. The molecule has 0 radical (unpaired) electrons. The lowest BCUT2D eigenvalue weighted by molar-refractivity contribution is -0.0760. The van der Waals surface area contributed by atoms with Crippen LogP contribution in [0.3, 0.4) is 0 Å². The maximum Gasteiger partial charge on any atom is 0.241 e. The molecule has 0 aromatic rings. The number of hydrogen-bond donors (Lipinski definition) is 0. The third-order valence-corrected chi connectivity index (χ3v) is 10.4. The van der Waals surface area contributed by atoms with Crippen molar-refractivity contribution in [3.8, 4) is 0 Å². The van der Waals surface area contributed by atoms with Crippen molar-refractivity contribution < 1.29 is 8.85 Å². The molecule has 4 rings (SSSR count). The molecule has 4 aliphatic carbocycles. The largest absolute Gasteiger partial charge is 0.547 e. The van der Waals surface area contributed by atoms with E-state index in [1.54, 1.807) is 0 Å². The highest BCUT2D eigenvalue weighted by molar-refractivity contribution is 6.70. The zero-order valence-corrected chi connectivity index (χ0v) is 22.2. The number of hydrogen-bond acceptors (Lipinski definition) is 2. The Bertz CT molecular complexity index is 701. The maximum absolute atomic E-state index is 6.62. The molecule has 0 spiro atoms. The molecule has 3 unspecified atom stereocenters. The predicted octanol–water partition coefficient (Wildman–Crippen LogP) is 7.37. The summed E-state index contributed by atoms with van der Waals surface area (Å²) >= 11 is 0. The first kappa shape index (κ1) is 21.9. The van der Waals surface area contributed by atoms with E-state index in [4.69, 9.17) is 8.85 Å². The van der Waals surface area contributed by atoms with Gasteiger partial charge in [0.2, 0.25) is 8.32 Å². The second-order valence-corrected chi connectivity index (χ2v) is 21.7. The summed E-state index contributed by atoms with van der Waals surface area (Å²) < 4.78 is 13.1. The molecule has 2 nitrogen and oxygen atoms in total. The Morgan fingerprint density at radius 2 is 1.66 bits per heavy atom. The van der Waals surface area contributed by atoms with E-state index in [2.05, 4.69) is 71.4 Å². The van der Waals surface area contributed by atoms with E-state index in [0.717, 1.165) is 23.7 Å². The van der Waals surface area contributed by atoms with Crippen LogP contribution in [-0.2, 0) is 8.85 Å². The van der Waals surface area contributed by atoms with E-state index in [1.165, 1.54) is 44.3 Å². The highest BCUT2D eigenvalue weighted by atomic mass is 28.4. The number of rotatable bonds is 4. The van der Waals surface area contributed by atoms with E-state index < -0.39 is 16.6 Å². The molecule has 0 heterocycles. The van der Waals surface area contributed by atoms with Gasteiger partial charge in [-0.15, -0.1) is 0 Å². The van der Waals surface area contributed by atoms with Crippen molar-refractivity contribution in [1.82, 2.24) is 0 Å². The standard InChI is InChI=1S/C25H44O2Si2/c1-24-15-13-19(26-28(3,4)5)17-18(24)9-10-20-21-11-12-23(27-29(6,7)8)25(21,2)16-14-22(20)24/h12-13,15,18-22H,9-11,14,16-17H2,1-8H3/t18-,19+,20?,21?,22?,24+,25+/m1/s1. The van der Waals surface area contributed by atoms with Crippen LogP contribution in [0.4, 0.5) is 0 Å². The fourth-order valence-corrected chi connectivity index (χ4v) is 9.39. The van der Waals surface area contributed by atoms with Gasteiger partial charge in [-0.3, -0.25) is 0 Å². The van der Waals surface area contributed by atoms with E-state index in [0.29, 0.717) is 11.5 Å². The van der Waals surface area contributed by atoms with Crippen LogP contribution in [0.1, 0.15) is 52.4 Å². The van der Waals surface area contributed by atoms with Gasteiger partial charge in [-0.1, -0.05) is 26.0 Å². The van der Waals surface area contributed by atoms with E-state index in [9.17, 15) is 0 Å². The Morgan fingerprint density at radius 3 is 2.31 bits per heavy atom. The molecule has 0 aliphatic heterocycles. The van der Waals surface area contributed by atoms with Crippen LogP contribution in [0.15, 0.2) is 24.0 Å². The smallest absolute Gasteiger partial charge is 0.241 e. The number of allylic oxidation sites excluding steroid dienone is 3. The summed E-state index contributed by atoms with van der Waals surface area (Å²) in [7, 11) is -3.03.